The molecule has 0 aliphatic heterocycles. The molecule has 0 fully saturated rings. The Labute approximate surface area is 131 Å². The molecule has 0 heterocycles. The van der Waals surface area contributed by atoms with Crippen LogP contribution in [0.4, 0.5) is 0 Å². The quantitative estimate of drug-likeness (QED) is 0.736. The van der Waals surface area contributed by atoms with Crippen molar-refractivity contribution in [2.24, 2.45) is 5.73 Å². The maximum Gasteiger partial charge on any atom is 0.257 e. The number of hydrogen-bond donors (Lipinski definition) is 2. The molecule has 1 amide bonds. The fourth-order valence-corrected chi connectivity index (χ4v) is 2.07. The fraction of sp³-hybridized carbons (Fsp3) is 0.278. The van der Waals surface area contributed by atoms with Gasteiger partial charge in [0, 0.05) is 6.54 Å². The van der Waals surface area contributed by atoms with Gasteiger partial charge in [-0.3, -0.25) is 4.79 Å². The minimum Gasteiger partial charge on any atom is -0.484 e. The third-order valence-electron chi connectivity index (χ3n) is 3.28. The zero-order valence-corrected chi connectivity index (χ0v) is 12.6. The summed E-state index contributed by atoms with van der Waals surface area (Å²) in [6.45, 7) is 1.33. The highest BCUT2D eigenvalue weighted by atomic mass is 16.5. The van der Waals surface area contributed by atoms with E-state index in [1.54, 1.807) is 0 Å². The summed E-state index contributed by atoms with van der Waals surface area (Å²) in [7, 11) is 0. The minimum atomic E-state index is -0.107. The lowest BCUT2D eigenvalue weighted by atomic mass is 10.1. The fourth-order valence-electron chi connectivity index (χ4n) is 2.07. The zero-order valence-electron chi connectivity index (χ0n) is 12.6. The number of benzene rings is 2. The second kappa shape index (κ2) is 8.85. The third-order valence-corrected chi connectivity index (χ3v) is 3.28. The SMILES string of the molecule is NCCCCNC(=O)COc1ccc(-c2ccccc2)cc1. The maximum atomic E-state index is 11.6. The van der Waals surface area contributed by atoms with Gasteiger partial charge in [0.15, 0.2) is 6.61 Å². The molecule has 4 heteroatoms. The summed E-state index contributed by atoms with van der Waals surface area (Å²) in [5, 5.41) is 2.81. The Morgan fingerprint density at radius 1 is 0.955 bits per heavy atom. The molecule has 22 heavy (non-hydrogen) atoms. The highest BCUT2D eigenvalue weighted by Gasteiger charge is 2.03. The van der Waals surface area contributed by atoms with E-state index in [0.29, 0.717) is 18.8 Å². The van der Waals surface area contributed by atoms with Gasteiger partial charge >= 0.3 is 0 Å². The van der Waals surface area contributed by atoms with E-state index < -0.39 is 0 Å². The Morgan fingerprint density at radius 3 is 2.32 bits per heavy atom. The van der Waals surface area contributed by atoms with Crippen LogP contribution in [-0.4, -0.2) is 25.6 Å². The van der Waals surface area contributed by atoms with Gasteiger partial charge in [-0.1, -0.05) is 42.5 Å². The van der Waals surface area contributed by atoms with Crippen LogP contribution in [0.15, 0.2) is 54.6 Å². The highest BCUT2D eigenvalue weighted by molar-refractivity contribution is 5.77. The second-order valence-electron chi connectivity index (χ2n) is 5.02. The van der Waals surface area contributed by atoms with Crippen molar-refractivity contribution >= 4 is 5.91 Å². The molecule has 0 saturated carbocycles. The molecule has 0 spiro atoms. The van der Waals surface area contributed by atoms with Gasteiger partial charge in [-0.2, -0.15) is 0 Å². The monoisotopic (exact) mass is 298 g/mol. The molecule has 0 aromatic heterocycles. The van der Waals surface area contributed by atoms with Crippen molar-refractivity contribution < 1.29 is 9.53 Å². The summed E-state index contributed by atoms with van der Waals surface area (Å²) in [6, 6.07) is 17.9. The number of carbonyl (C=O) groups excluding carboxylic acids is 1. The molecule has 0 unspecified atom stereocenters. The first-order valence-electron chi connectivity index (χ1n) is 7.54. The molecule has 2 aromatic rings. The van der Waals surface area contributed by atoms with E-state index in [1.807, 2.05) is 42.5 Å². The predicted molar refractivity (Wildman–Crippen MR) is 88.7 cm³/mol. The summed E-state index contributed by atoms with van der Waals surface area (Å²) in [5.41, 5.74) is 7.68. The van der Waals surface area contributed by atoms with Crippen LogP contribution >= 0.6 is 0 Å². The van der Waals surface area contributed by atoms with Gasteiger partial charge in [-0.15, -0.1) is 0 Å². The first-order chi connectivity index (χ1) is 10.8. The van der Waals surface area contributed by atoms with Crippen LogP contribution in [0.2, 0.25) is 0 Å². The number of ether oxygens (including phenoxy) is 1. The van der Waals surface area contributed by atoms with Crippen LogP contribution in [0.3, 0.4) is 0 Å². The smallest absolute Gasteiger partial charge is 0.257 e. The summed E-state index contributed by atoms with van der Waals surface area (Å²) in [5.74, 6) is 0.584. The normalized spacial score (nSPS) is 10.2. The van der Waals surface area contributed by atoms with Gasteiger partial charge in [0.1, 0.15) is 5.75 Å². The van der Waals surface area contributed by atoms with Crippen LogP contribution in [0.5, 0.6) is 5.75 Å². The molecule has 116 valence electrons. The Hall–Kier alpha value is -2.33. The van der Waals surface area contributed by atoms with E-state index in [4.69, 9.17) is 10.5 Å². The van der Waals surface area contributed by atoms with E-state index in [0.717, 1.165) is 24.0 Å². The standard InChI is InChI=1S/C18H22N2O2/c19-12-4-5-13-20-18(21)14-22-17-10-8-16(9-11-17)15-6-2-1-3-7-15/h1-3,6-11H,4-5,12-14,19H2,(H,20,21). The first-order valence-corrected chi connectivity index (χ1v) is 7.54. The molecule has 0 aliphatic carbocycles. The number of carbonyl (C=O) groups is 1. The number of hydrogen-bond acceptors (Lipinski definition) is 3. The average Bonchev–Trinajstić information content (AvgIpc) is 2.58. The van der Waals surface area contributed by atoms with Crippen molar-refractivity contribution in [2.75, 3.05) is 19.7 Å². The lowest BCUT2D eigenvalue weighted by Crippen LogP contribution is -2.29. The topological polar surface area (TPSA) is 64.3 Å². The number of nitrogens with two attached hydrogens (primary N) is 1. The van der Waals surface area contributed by atoms with Gasteiger partial charge in [0.2, 0.25) is 0 Å². The van der Waals surface area contributed by atoms with E-state index in [1.165, 1.54) is 0 Å². The van der Waals surface area contributed by atoms with Gasteiger partial charge in [0.05, 0.1) is 0 Å². The van der Waals surface area contributed by atoms with Crippen molar-refractivity contribution in [3.63, 3.8) is 0 Å². The Bertz CT molecular complexity index is 567. The average molecular weight is 298 g/mol. The van der Waals surface area contributed by atoms with E-state index in [2.05, 4.69) is 17.4 Å². The van der Waals surface area contributed by atoms with Gasteiger partial charge in [0.25, 0.3) is 5.91 Å². The van der Waals surface area contributed by atoms with Crippen molar-refractivity contribution in [1.82, 2.24) is 5.32 Å². The number of rotatable bonds is 8. The van der Waals surface area contributed by atoms with Crippen molar-refractivity contribution in [1.29, 1.82) is 0 Å². The predicted octanol–water partition coefficient (Wildman–Crippen LogP) is 2.59. The lowest BCUT2D eigenvalue weighted by molar-refractivity contribution is -0.123. The molecular weight excluding hydrogens is 276 g/mol. The van der Waals surface area contributed by atoms with Crippen molar-refractivity contribution in [3.05, 3.63) is 54.6 Å². The summed E-state index contributed by atoms with van der Waals surface area (Å²) >= 11 is 0. The highest BCUT2D eigenvalue weighted by Crippen LogP contribution is 2.21. The third kappa shape index (κ3) is 5.22. The van der Waals surface area contributed by atoms with Crippen LogP contribution in [0.1, 0.15) is 12.8 Å². The van der Waals surface area contributed by atoms with Gasteiger partial charge < -0.3 is 15.8 Å². The lowest BCUT2D eigenvalue weighted by Gasteiger charge is -2.08. The molecule has 4 nitrogen and oxygen atoms in total. The van der Waals surface area contributed by atoms with Crippen molar-refractivity contribution in [2.45, 2.75) is 12.8 Å². The molecule has 0 saturated heterocycles. The van der Waals surface area contributed by atoms with Crippen LogP contribution in [-0.2, 0) is 4.79 Å². The molecule has 0 bridgehead atoms. The Kier molecular flexibility index (Phi) is 6.45. The minimum absolute atomic E-state index is 0.0350. The van der Waals surface area contributed by atoms with Gasteiger partial charge in [-0.05, 0) is 42.6 Å². The van der Waals surface area contributed by atoms with Crippen LogP contribution in [0.25, 0.3) is 11.1 Å². The molecule has 0 aliphatic rings. The first kappa shape index (κ1) is 16.0. The maximum absolute atomic E-state index is 11.6. The molecule has 3 N–H and O–H groups in total. The molecule has 2 rings (SSSR count). The summed E-state index contributed by atoms with van der Waals surface area (Å²) in [6.07, 6.45) is 1.82. The van der Waals surface area contributed by atoms with Crippen molar-refractivity contribution in [3.8, 4) is 16.9 Å². The Morgan fingerprint density at radius 2 is 1.64 bits per heavy atom. The Balaban J connectivity index is 1.78. The largest absolute Gasteiger partial charge is 0.484 e. The summed E-state index contributed by atoms with van der Waals surface area (Å²) in [4.78, 5) is 11.6. The number of nitrogens with one attached hydrogen (secondary N) is 1. The molecular formula is C18H22N2O2. The molecule has 2 aromatic carbocycles. The van der Waals surface area contributed by atoms with Gasteiger partial charge in [-0.25, -0.2) is 0 Å². The second-order valence-corrected chi connectivity index (χ2v) is 5.02. The molecule has 0 radical (unpaired) electrons. The zero-order chi connectivity index (χ0) is 15.6. The number of unbranched alkanes of at least 4 members (excludes halogenated alkanes) is 1. The van der Waals surface area contributed by atoms with Crippen LogP contribution in [0, 0.1) is 0 Å². The van der Waals surface area contributed by atoms with Crippen LogP contribution < -0.4 is 15.8 Å². The van der Waals surface area contributed by atoms with E-state index in [-0.39, 0.29) is 12.5 Å². The van der Waals surface area contributed by atoms with E-state index in [9.17, 15) is 4.79 Å². The number of amides is 1. The molecule has 0 atom stereocenters. The van der Waals surface area contributed by atoms with E-state index >= 15 is 0 Å². The summed E-state index contributed by atoms with van der Waals surface area (Å²) < 4.78 is 5.48.